The average molecular weight is 302 g/mol. The molecule has 1 aromatic rings. The third-order valence-electron chi connectivity index (χ3n) is 3.73. The highest BCUT2D eigenvalue weighted by Gasteiger charge is 2.19. The summed E-state index contributed by atoms with van der Waals surface area (Å²) in [7, 11) is -3.43. The summed E-state index contributed by atoms with van der Waals surface area (Å²) < 4.78 is 27.1. The third-order valence-corrected chi connectivity index (χ3v) is 5.57. The van der Waals surface area contributed by atoms with E-state index in [9.17, 15) is 8.42 Å². The molecule has 1 saturated carbocycles. The molecule has 1 aliphatic rings. The average Bonchev–Trinajstić information content (AvgIpc) is 2.91. The largest absolute Gasteiger partial charge is 0.240 e. The van der Waals surface area contributed by atoms with Crippen LogP contribution in [-0.4, -0.2) is 15.0 Å². The predicted octanol–water partition coefficient (Wildman–Crippen LogP) is 3.28. The van der Waals surface area contributed by atoms with Gasteiger partial charge in [0.2, 0.25) is 10.0 Å². The molecule has 0 saturated heterocycles. The van der Waals surface area contributed by atoms with Gasteiger partial charge in [-0.2, -0.15) is 0 Å². The smallest absolute Gasteiger partial charge is 0.211 e. The lowest BCUT2D eigenvalue weighted by atomic mass is 10.1. The number of hydrogen-bond acceptors (Lipinski definition) is 2. The third kappa shape index (κ3) is 3.94. The summed E-state index contributed by atoms with van der Waals surface area (Å²) in [6, 6.07) is 6.88. The van der Waals surface area contributed by atoms with E-state index in [2.05, 4.69) is 4.72 Å². The summed E-state index contributed by atoms with van der Waals surface area (Å²) in [5.74, 6) is 0.894. The van der Waals surface area contributed by atoms with E-state index in [0.717, 1.165) is 6.42 Å². The first-order valence-electron chi connectivity index (χ1n) is 6.77. The molecule has 3 nitrogen and oxygen atoms in total. The Morgan fingerprint density at radius 3 is 2.58 bits per heavy atom. The Bertz CT molecular complexity index is 510. The van der Waals surface area contributed by atoms with Gasteiger partial charge in [0.1, 0.15) is 0 Å². The van der Waals surface area contributed by atoms with Crippen LogP contribution < -0.4 is 4.72 Å². The molecule has 0 aliphatic heterocycles. The Morgan fingerprint density at radius 1 is 1.21 bits per heavy atom. The molecule has 1 N–H and O–H groups in total. The summed E-state index contributed by atoms with van der Waals surface area (Å²) in [5, 5.41) is 0. The lowest BCUT2D eigenvalue weighted by molar-refractivity contribution is 0.495. The van der Waals surface area contributed by atoms with Crippen molar-refractivity contribution in [3.8, 4) is 0 Å². The first-order valence-corrected chi connectivity index (χ1v) is 8.79. The van der Waals surface area contributed by atoms with Gasteiger partial charge in [0.05, 0.1) is 4.90 Å². The Morgan fingerprint density at radius 2 is 1.89 bits per heavy atom. The highest BCUT2D eigenvalue weighted by atomic mass is 35.5. The van der Waals surface area contributed by atoms with Gasteiger partial charge in [-0.15, -0.1) is 11.6 Å². The summed E-state index contributed by atoms with van der Waals surface area (Å²) in [6.45, 7) is 0.517. The monoisotopic (exact) mass is 301 g/mol. The number of benzene rings is 1. The Kier molecular flexibility index (Phi) is 5.25. The fourth-order valence-electron chi connectivity index (χ4n) is 2.65. The minimum atomic E-state index is -3.43. The highest BCUT2D eigenvalue weighted by Crippen LogP contribution is 2.27. The number of alkyl halides is 1. The molecule has 0 heterocycles. The maximum Gasteiger partial charge on any atom is 0.240 e. The second kappa shape index (κ2) is 6.73. The molecule has 0 amide bonds. The van der Waals surface area contributed by atoms with Crippen LogP contribution in [0.5, 0.6) is 0 Å². The van der Waals surface area contributed by atoms with Crippen molar-refractivity contribution in [3.63, 3.8) is 0 Å². The van der Waals surface area contributed by atoms with Gasteiger partial charge >= 0.3 is 0 Å². The molecule has 0 radical (unpaired) electrons. The Labute approximate surface area is 120 Å². The zero-order valence-electron chi connectivity index (χ0n) is 10.9. The number of halogens is 1. The first kappa shape index (κ1) is 14.8. The molecule has 0 aromatic heterocycles. The molecule has 1 aromatic carbocycles. The van der Waals surface area contributed by atoms with Gasteiger partial charge in [-0.25, -0.2) is 13.1 Å². The van der Waals surface area contributed by atoms with Crippen molar-refractivity contribution in [2.24, 2.45) is 5.92 Å². The van der Waals surface area contributed by atoms with E-state index < -0.39 is 10.0 Å². The summed E-state index contributed by atoms with van der Waals surface area (Å²) in [5.41, 5.74) is 0.650. The van der Waals surface area contributed by atoms with Crippen molar-refractivity contribution in [1.82, 2.24) is 4.72 Å². The number of sulfonamides is 1. The maximum absolute atomic E-state index is 12.2. The standard InChI is InChI=1S/C14H20ClNO2S/c15-11-13-7-3-4-8-14(13)19(17,18)16-10-9-12-5-1-2-6-12/h3-4,7-8,12,16H,1-2,5-6,9-11H2. The fourth-order valence-corrected chi connectivity index (χ4v) is 4.25. The Hall–Kier alpha value is -0.580. The van der Waals surface area contributed by atoms with E-state index in [4.69, 9.17) is 11.6 Å². The SMILES string of the molecule is O=S(=O)(NCCC1CCCC1)c1ccccc1CCl. The van der Waals surface area contributed by atoms with Crippen molar-refractivity contribution < 1.29 is 8.42 Å². The molecule has 0 spiro atoms. The van der Waals surface area contributed by atoms with Gasteiger partial charge in [-0.1, -0.05) is 43.9 Å². The van der Waals surface area contributed by atoms with Gasteiger partial charge in [0.25, 0.3) is 0 Å². The van der Waals surface area contributed by atoms with Crippen molar-refractivity contribution in [3.05, 3.63) is 29.8 Å². The van der Waals surface area contributed by atoms with E-state index in [1.165, 1.54) is 25.7 Å². The van der Waals surface area contributed by atoms with Gasteiger partial charge in [0.15, 0.2) is 0 Å². The molecule has 2 rings (SSSR count). The van der Waals surface area contributed by atoms with Crippen LogP contribution >= 0.6 is 11.6 Å². The molecular formula is C14H20ClNO2S. The maximum atomic E-state index is 12.2. The van der Waals surface area contributed by atoms with Crippen LogP contribution in [0, 0.1) is 5.92 Å². The minimum Gasteiger partial charge on any atom is -0.211 e. The zero-order valence-corrected chi connectivity index (χ0v) is 12.5. The fraction of sp³-hybridized carbons (Fsp3) is 0.571. The molecule has 0 unspecified atom stereocenters. The zero-order chi connectivity index (χ0) is 13.7. The van der Waals surface area contributed by atoms with Crippen molar-refractivity contribution >= 4 is 21.6 Å². The van der Waals surface area contributed by atoms with E-state index in [1.54, 1.807) is 24.3 Å². The lowest BCUT2D eigenvalue weighted by Crippen LogP contribution is -2.26. The second-order valence-electron chi connectivity index (χ2n) is 5.08. The summed E-state index contributed by atoms with van der Waals surface area (Å²) in [4.78, 5) is 0.302. The van der Waals surface area contributed by atoms with E-state index in [0.29, 0.717) is 22.9 Å². The van der Waals surface area contributed by atoms with Gasteiger partial charge < -0.3 is 0 Å². The van der Waals surface area contributed by atoms with E-state index >= 15 is 0 Å². The lowest BCUT2D eigenvalue weighted by Gasteiger charge is -2.12. The van der Waals surface area contributed by atoms with Gasteiger partial charge in [-0.3, -0.25) is 0 Å². The first-order chi connectivity index (χ1) is 9.13. The summed E-state index contributed by atoms with van der Waals surface area (Å²) in [6.07, 6.45) is 5.97. The normalized spacial score (nSPS) is 16.9. The van der Waals surface area contributed by atoms with Crippen molar-refractivity contribution in [2.45, 2.75) is 42.9 Å². The van der Waals surface area contributed by atoms with Crippen LogP contribution in [0.25, 0.3) is 0 Å². The number of hydrogen-bond donors (Lipinski definition) is 1. The second-order valence-corrected chi connectivity index (χ2v) is 7.08. The molecule has 0 bridgehead atoms. The predicted molar refractivity (Wildman–Crippen MR) is 77.8 cm³/mol. The molecule has 1 aliphatic carbocycles. The van der Waals surface area contributed by atoms with Crippen molar-refractivity contribution in [1.29, 1.82) is 0 Å². The van der Waals surface area contributed by atoms with Crippen LogP contribution in [0.1, 0.15) is 37.7 Å². The number of rotatable bonds is 6. The molecule has 5 heteroatoms. The van der Waals surface area contributed by atoms with Crippen molar-refractivity contribution in [2.75, 3.05) is 6.54 Å². The van der Waals surface area contributed by atoms with E-state index in [-0.39, 0.29) is 5.88 Å². The van der Waals surface area contributed by atoms with Gasteiger partial charge in [-0.05, 0) is 24.0 Å². The molecule has 0 atom stereocenters. The van der Waals surface area contributed by atoms with Crippen LogP contribution in [-0.2, 0) is 15.9 Å². The number of nitrogens with one attached hydrogen (secondary N) is 1. The highest BCUT2D eigenvalue weighted by molar-refractivity contribution is 7.89. The van der Waals surface area contributed by atoms with E-state index in [1.807, 2.05) is 0 Å². The minimum absolute atomic E-state index is 0.208. The van der Waals surface area contributed by atoms with Gasteiger partial charge in [0, 0.05) is 12.4 Å². The quantitative estimate of drug-likeness (QED) is 0.820. The van der Waals surface area contributed by atoms with Crippen LogP contribution in [0.4, 0.5) is 0 Å². The molecule has 106 valence electrons. The topological polar surface area (TPSA) is 46.2 Å². The Balaban J connectivity index is 1.97. The molecular weight excluding hydrogens is 282 g/mol. The van der Waals surface area contributed by atoms with Crippen LogP contribution in [0.15, 0.2) is 29.2 Å². The van der Waals surface area contributed by atoms with Crippen LogP contribution in [0.3, 0.4) is 0 Å². The molecule has 1 fully saturated rings. The summed E-state index contributed by atoms with van der Waals surface area (Å²) >= 11 is 5.78. The molecule has 19 heavy (non-hydrogen) atoms. The van der Waals surface area contributed by atoms with Crippen LogP contribution in [0.2, 0.25) is 0 Å².